The second-order valence-electron chi connectivity index (χ2n) is 6.83. The minimum absolute atomic E-state index is 0.0389. The summed E-state index contributed by atoms with van der Waals surface area (Å²) in [6.45, 7) is 1.47. The van der Waals surface area contributed by atoms with Gasteiger partial charge in [0.05, 0.1) is 6.04 Å². The highest BCUT2D eigenvalue weighted by molar-refractivity contribution is 5.94. The highest BCUT2D eigenvalue weighted by Crippen LogP contribution is 2.31. The second-order valence-corrected chi connectivity index (χ2v) is 6.83. The van der Waals surface area contributed by atoms with Gasteiger partial charge in [0.15, 0.2) is 0 Å². The van der Waals surface area contributed by atoms with Gasteiger partial charge in [-0.15, -0.1) is 0 Å². The first-order chi connectivity index (χ1) is 13.2. The van der Waals surface area contributed by atoms with Crippen LogP contribution in [0.2, 0.25) is 0 Å². The van der Waals surface area contributed by atoms with E-state index in [0.29, 0.717) is 13.2 Å². The van der Waals surface area contributed by atoms with Crippen LogP contribution < -0.4 is 20.3 Å². The number of anilines is 1. The SMILES string of the molecule is O=C(NCCC(=O)N1CCCc2ccccc21)N[C@H]1COc2ccccc21. The zero-order valence-corrected chi connectivity index (χ0v) is 15.1. The fourth-order valence-electron chi connectivity index (χ4n) is 3.70. The molecule has 0 aromatic heterocycles. The Labute approximate surface area is 158 Å². The van der Waals surface area contributed by atoms with Crippen molar-refractivity contribution < 1.29 is 14.3 Å². The van der Waals surface area contributed by atoms with Gasteiger partial charge < -0.3 is 20.3 Å². The summed E-state index contributed by atoms with van der Waals surface area (Å²) in [7, 11) is 0. The molecule has 2 aromatic rings. The molecule has 4 rings (SSSR count). The van der Waals surface area contributed by atoms with Crippen LogP contribution in [0.3, 0.4) is 0 Å². The van der Waals surface area contributed by atoms with Gasteiger partial charge in [-0.25, -0.2) is 4.79 Å². The number of para-hydroxylation sites is 2. The molecule has 0 fully saturated rings. The first-order valence-electron chi connectivity index (χ1n) is 9.37. The van der Waals surface area contributed by atoms with Crippen molar-refractivity contribution in [2.24, 2.45) is 0 Å². The van der Waals surface area contributed by atoms with Gasteiger partial charge in [0.1, 0.15) is 12.4 Å². The van der Waals surface area contributed by atoms with Crippen LogP contribution in [0.4, 0.5) is 10.5 Å². The Kier molecular flexibility index (Phi) is 4.96. The molecule has 2 aromatic carbocycles. The molecular weight excluding hydrogens is 342 g/mol. The van der Waals surface area contributed by atoms with Crippen LogP contribution in [0.1, 0.15) is 30.0 Å². The lowest BCUT2D eigenvalue weighted by Crippen LogP contribution is -2.41. The number of hydrogen-bond donors (Lipinski definition) is 2. The van der Waals surface area contributed by atoms with Gasteiger partial charge in [-0.05, 0) is 30.5 Å². The maximum atomic E-state index is 12.6. The first-order valence-corrected chi connectivity index (χ1v) is 9.37. The average Bonchev–Trinajstić information content (AvgIpc) is 3.10. The molecule has 27 heavy (non-hydrogen) atoms. The van der Waals surface area contributed by atoms with E-state index in [1.807, 2.05) is 47.4 Å². The number of urea groups is 1. The van der Waals surface area contributed by atoms with Gasteiger partial charge in [-0.3, -0.25) is 4.79 Å². The molecule has 2 aliphatic heterocycles. The Balaban J connectivity index is 1.27. The Morgan fingerprint density at radius 1 is 1.11 bits per heavy atom. The zero-order valence-electron chi connectivity index (χ0n) is 15.1. The third kappa shape index (κ3) is 3.74. The van der Waals surface area contributed by atoms with E-state index in [1.165, 1.54) is 5.56 Å². The van der Waals surface area contributed by atoms with E-state index in [9.17, 15) is 9.59 Å². The molecule has 0 spiro atoms. The van der Waals surface area contributed by atoms with E-state index in [4.69, 9.17) is 4.74 Å². The van der Waals surface area contributed by atoms with E-state index in [1.54, 1.807) is 0 Å². The summed E-state index contributed by atoms with van der Waals surface area (Å²) >= 11 is 0. The minimum atomic E-state index is -0.285. The summed E-state index contributed by atoms with van der Waals surface area (Å²) in [5.74, 6) is 0.846. The van der Waals surface area contributed by atoms with Gasteiger partial charge in [0.25, 0.3) is 0 Å². The zero-order chi connectivity index (χ0) is 18.6. The van der Waals surface area contributed by atoms with Crippen molar-refractivity contribution in [2.75, 3.05) is 24.6 Å². The lowest BCUT2D eigenvalue weighted by atomic mass is 10.0. The Bertz CT molecular complexity index is 852. The average molecular weight is 365 g/mol. The summed E-state index contributed by atoms with van der Waals surface area (Å²) < 4.78 is 5.56. The number of ether oxygens (including phenoxy) is 1. The molecule has 0 saturated carbocycles. The number of carbonyl (C=O) groups is 2. The molecule has 140 valence electrons. The molecule has 3 amide bonds. The van der Waals surface area contributed by atoms with Crippen LogP contribution in [0, 0.1) is 0 Å². The molecule has 2 N–H and O–H groups in total. The van der Waals surface area contributed by atoms with Gasteiger partial charge in [0, 0.05) is 30.8 Å². The highest BCUT2D eigenvalue weighted by Gasteiger charge is 2.25. The third-order valence-corrected chi connectivity index (χ3v) is 5.04. The molecule has 6 heteroatoms. The van der Waals surface area contributed by atoms with Gasteiger partial charge in [-0.2, -0.15) is 0 Å². The minimum Gasteiger partial charge on any atom is -0.491 e. The van der Waals surface area contributed by atoms with Crippen molar-refractivity contribution in [3.05, 3.63) is 59.7 Å². The number of hydrogen-bond acceptors (Lipinski definition) is 3. The quantitative estimate of drug-likeness (QED) is 0.875. The molecule has 0 radical (unpaired) electrons. The molecule has 0 unspecified atom stereocenters. The lowest BCUT2D eigenvalue weighted by Gasteiger charge is -2.29. The molecule has 0 aliphatic carbocycles. The molecule has 2 heterocycles. The topological polar surface area (TPSA) is 70.7 Å². The van der Waals surface area contributed by atoms with Gasteiger partial charge in [0.2, 0.25) is 5.91 Å². The number of carbonyl (C=O) groups excluding carboxylic acids is 2. The maximum Gasteiger partial charge on any atom is 0.315 e. The van der Waals surface area contributed by atoms with Gasteiger partial charge in [-0.1, -0.05) is 36.4 Å². The van der Waals surface area contributed by atoms with Crippen LogP contribution in [-0.2, 0) is 11.2 Å². The first kappa shape index (κ1) is 17.4. The Morgan fingerprint density at radius 3 is 2.85 bits per heavy atom. The van der Waals surface area contributed by atoms with Crippen molar-refractivity contribution in [3.63, 3.8) is 0 Å². The van der Waals surface area contributed by atoms with E-state index >= 15 is 0 Å². The summed E-state index contributed by atoms with van der Waals surface area (Å²) in [5, 5.41) is 5.69. The predicted octanol–water partition coefficient (Wildman–Crippen LogP) is 2.79. The molecule has 2 aliphatic rings. The van der Waals surface area contributed by atoms with Crippen LogP contribution >= 0.6 is 0 Å². The van der Waals surface area contributed by atoms with E-state index in [2.05, 4.69) is 16.7 Å². The fourth-order valence-corrected chi connectivity index (χ4v) is 3.70. The third-order valence-electron chi connectivity index (χ3n) is 5.04. The van der Waals surface area contributed by atoms with Crippen LogP contribution in [0.25, 0.3) is 0 Å². The van der Waals surface area contributed by atoms with E-state index in [-0.39, 0.29) is 24.4 Å². The number of nitrogens with zero attached hydrogens (tertiary/aromatic N) is 1. The molecule has 0 saturated heterocycles. The van der Waals surface area contributed by atoms with Gasteiger partial charge >= 0.3 is 6.03 Å². The number of nitrogens with one attached hydrogen (secondary N) is 2. The number of amides is 3. The number of aryl methyl sites for hydroxylation is 1. The number of benzene rings is 2. The van der Waals surface area contributed by atoms with Crippen molar-refractivity contribution >= 4 is 17.6 Å². The summed E-state index contributed by atoms with van der Waals surface area (Å²) in [6, 6.07) is 15.3. The Morgan fingerprint density at radius 2 is 1.93 bits per heavy atom. The van der Waals surface area contributed by atoms with Crippen LogP contribution in [-0.4, -0.2) is 31.6 Å². The summed E-state index contributed by atoms with van der Waals surface area (Å²) in [4.78, 5) is 26.6. The van der Waals surface area contributed by atoms with Crippen molar-refractivity contribution in [1.29, 1.82) is 0 Å². The van der Waals surface area contributed by atoms with E-state index < -0.39 is 0 Å². The summed E-state index contributed by atoms with van der Waals surface area (Å²) in [6.07, 6.45) is 2.25. The number of rotatable bonds is 4. The van der Waals surface area contributed by atoms with E-state index in [0.717, 1.165) is 36.4 Å². The molecule has 1 atom stereocenters. The standard InChI is InChI=1S/C21H23N3O3/c25-20(24-13-5-7-15-6-1-3-9-18(15)24)11-12-22-21(26)23-17-14-27-19-10-4-2-8-16(17)19/h1-4,6,8-10,17H,5,7,11-14H2,(H2,22,23,26)/t17-/m0/s1. The number of fused-ring (bicyclic) bond motifs is 2. The fraction of sp³-hybridized carbons (Fsp3) is 0.333. The monoisotopic (exact) mass is 365 g/mol. The predicted molar refractivity (Wildman–Crippen MR) is 103 cm³/mol. The second kappa shape index (κ2) is 7.70. The van der Waals surface area contributed by atoms with Crippen molar-refractivity contribution in [3.8, 4) is 5.75 Å². The molecular formula is C21H23N3O3. The summed E-state index contributed by atoms with van der Waals surface area (Å²) in [5.41, 5.74) is 3.19. The Hall–Kier alpha value is -3.02. The van der Waals surface area contributed by atoms with Crippen LogP contribution in [0.5, 0.6) is 5.75 Å². The normalized spacial score (nSPS) is 17.5. The smallest absolute Gasteiger partial charge is 0.315 e. The molecule has 6 nitrogen and oxygen atoms in total. The highest BCUT2D eigenvalue weighted by atomic mass is 16.5. The van der Waals surface area contributed by atoms with Crippen molar-refractivity contribution in [2.45, 2.75) is 25.3 Å². The van der Waals surface area contributed by atoms with Crippen LogP contribution in [0.15, 0.2) is 48.5 Å². The van der Waals surface area contributed by atoms with Crippen molar-refractivity contribution in [1.82, 2.24) is 10.6 Å². The maximum absolute atomic E-state index is 12.6. The largest absolute Gasteiger partial charge is 0.491 e. The molecule has 0 bridgehead atoms. The lowest BCUT2D eigenvalue weighted by molar-refractivity contribution is -0.118.